The molecule has 0 bridgehead atoms. The molecule has 0 aliphatic carbocycles. The summed E-state index contributed by atoms with van der Waals surface area (Å²) in [6, 6.07) is 10.5. The molecule has 33 heavy (non-hydrogen) atoms. The van der Waals surface area contributed by atoms with Gasteiger partial charge in [0, 0.05) is 42.3 Å². The van der Waals surface area contributed by atoms with Gasteiger partial charge in [0.2, 0.25) is 11.8 Å². The maximum absolute atomic E-state index is 10.9. The highest BCUT2D eigenvalue weighted by molar-refractivity contribution is 5.69. The molecule has 3 N–H and O–H groups in total. The summed E-state index contributed by atoms with van der Waals surface area (Å²) in [5, 5.41) is 14.2. The summed E-state index contributed by atoms with van der Waals surface area (Å²) >= 11 is 0. The minimum absolute atomic E-state index is 0.0742. The number of anilines is 2. The topological polar surface area (TPSA) is 143 Å². The summed E-state index contributed by atoms with van der Waals surface area (Å²) in [4.78, 5) is 23.6. The third-order valence-corrected chi connectivity index (χ3v) is 5.12. The molecule has 0 aliphatic heterocycles. The van der Waals surface area contributed by atoms with Crippen LogP contribution in [0.4, 0.5) is 17.5 Å². The van der Waals surface area contributed by atoms with Crippen LogP contribution in [0.3, 0.4) is 0 Å². The summed E-state index contributed by atoms with van der Waals surface area (Å²) < 4.78 is 12.6. The first-order chi connectivity index (χ1) is 16.0. The van der Waals surface area contributed by atoms with E-state index in [0.29, 0.717) is 36.1 Å². The molecule has 0 unspecified atom stereocenters. The summed E-state index contributed by atoms with van der Waals surface area (Å²) in [6.45, 7) is 0.605. The van der Waals surface area contributed by atoms with Gasteiger partial charge in [-0.25, -0.2) is 15.0 Å². The zero-order valence-corrected chi connectivity index (χ0v) is 18.2. The standard InChI is InChI=1S/C22H23N7O4/c1-32-18-8-5-14(12-19(18)33-2)16-13-20-24-10-11-28(20)22(27-16)25-9-3-4-15-6-7-17(29(30)31)21(23)26-15/h5-8,10-13H,3-4,9H2,1-2H3,(H2,23,26)(H,25,27). The molecule has 0 atom stereocenters. The number of nitrogens with zero attached hydrogens (tertiary/aromatic N) is 5. The third-order valence-electron chi connectivity index (χ3n) is 5.12. The number of nitrogens with two attached hydrogens (primary N) is 1. The van der Waals surface area contributed by atoms with Crippen LogP contribution >= 0.6 is 0 Å². The molecule has 0 saturated carbocycles. The van der Waals surface area contributed by atoms with E-state index < -0.39 is 4.92 Å². The van der Waals surface area contributed by atoms with Crippen molar-refractivity contribution in [3.05, 3.63) is 64.6 Å². The second-order valence-corrected chi connectivity index (χ2v) is 7.18. The van der Waals surface area contributed by atoms with Gasteiger partial charge in [-0.3, -0.25) is 14.5 Å². The van der Waals surface area contributed by atoms with Gasteiger partial charge >= 0.3 is 5.69 Å². The van der Waals surface area contributed by atoms with Crippen LogP contribution in [0.25, 0.3) is 16.9 Å². The predicted octanol–water partition coefficient (Wildman–Crippen LogP) is 3.34. The number of fused-ring (bicyclic) bond motifs is 1. The Morgan fingerprint density at radius 3 is 2.67 bits per heavy atom. The number of hydrogen-bond donors (Lipinski definition) is 2. The molecular formula is C22H23N7O4. The zero-order valence-electron chi connectivity index (χ0n) is 18.2. The molecule has 170 valence electrons. The number of imidazole rings is 1. The first kappa shape index (κ1) is 21.8. The van der Waals surface area contributed by atoms with Crippen molar-refractivity contribution in [3.63, 3.8) is 0 Å². The zero-order chi connectivity index (χ0) is 23.4. The number of aromatic nitrogens is 4. The van der Waals surface area contributed by atoms with Crippen molar-refractivity contribution in [2.24, 2.45) is 0 Å². The van der Waals surface area contributed by atoms with Gasteiger partial charge in [0.05, 0.1) is 24.8 Å². The highest BCUT2D eigenvalue weighted by Gasteiger charge is 2.13. The van der Waals surface area contributed by atoms with E-state index in [-0.39, 0.29) is 11.5 Å². The Labute approximate surface area is 189 Å². The number of hydrogen-bond acceptors (Lipinski definition) is 9. The smallest absolute Gasteiger partial charge is 0.311 e. The Bertz CT molecular complexity index is 1310. The molecule has 3 aromatic heterocycles. The fourth-order valence-electron chi connectivity index (χ4n) is 3.46. The average Bonchev–Trinajstić information content (AvgIpc) is 3.30. The fraction of sp³-hybridized carbons (Fsp3) is 0.227. The van der Waals surface area contributed by atoms with Crippen LogP contribution in [0.1, 0.15) is 12.1 Å². The quantitative estimate of drug-likeness (QED) is 0.223. The molecule has 1 aromatic carbocycles. The van der Waals surface area contributed by atoms with Crippen molar-refractivity contribution >= 4 is 23.1 Å². The molecule has 0 radical (unpaired) electrons. The predicted molar refractivity (Wildman–Crippen MR) is 124 cm³/mol. The number of nitrogen functional groups attached to an aromatic ring is 1. The SMILES string of the molecule is COc1ccc(-c2cc3nccn3c(NCCCc3ccc([N+](=O)[O-])c(N)n3)n2)cc1OC. The van der Waals surface area contributed by atoms with Crippen molar-refractivity contribution in [1.82, 2.24) is 19.4 Å². The number of nitrogens with one attached hydrogen (secondary N) is 1. The fourth-order valence-corrected chi connectivity index (χ4v) is 3.46. The van der Waals surface area contributed by atoms with Crippen LogP contribution in [-0.2, 0) is 6.42 Å². The average molecular weight is 449 g/mol. The second kappa shape index (κ2) is 9.39. The van der Waals surface area contributed by atoms with E-state index in [1.165, 1.54) is 6.07 Å². The van der Waals surface area contributed by atoms with E-state index in [0.717, 1.165) is 23.3 Å². The van der Waals surface area contributed by atoms with Crippen LogP contribution in [0, 0.1) is 10.1 Å². The van der Waals surface area contributed by atoms with Crippen LogP contribution < -0.4 is 20.5 Å². The Balaban J connectivity index is 1.50. The van der Waals surface area contributed by atoms with Gasteiger partial charge in [-0.1, -0.05) is 0 Å². The molecule has 0 amide bonds. The highest BCUT2D eigenvalue weighted by atomic mass is 16.6. The van der Waals surface area contributed by atoms with Crippen molar-refractivity contribution < 1.29 is 14.4 Å². The molecule has 3 heterocycles. The number of pyridine rings is 1. The third kappa shape index (κ3) is 4.61. The second-order valence-electron chi connectivity index (χ2n) is 7.18. The number of aryl methyl sites for hydroxylation is 1. The number of rotatable bonds is 9. The lowest BCUT2D eigenvalue weighted by atomic mass is 10.1. The maximum Gasteiger partial charge on any atom is 0.311 e. The number of benzene rings is 1. The van der Waals surface area contributed by atoms with Crippen LogP contribution in [0.5, 0.6) is 11.5 Å². The highest BCUT2D eigenvalue weighted by Crippen LogP contribution is 2.32. The first-order valence-electron chi connectivity index (χ1n) is 10.2. The minimum atomic E-state index is -0.541. The Morgan fingerprint density at radius 2 is 1.94 bits per heavy atom. The Morgan fingerprint density at radius 1 is 1.12 bits per heavy atom. The van der Waals surface area contributed by atoms with Gasteiger partial charge in [-0.2, -0.15) is 0 Å². The lowest BCUT2D eigenvalue weighted by molar-refractivity contribution is -0.384. The molecule has 11 nitrogen and oxygen atoms in total. The van der Waals surface area contributed by atoms with E-state index >= 15 is 0 Å². The molecule has 0 aliphatic rings. The summed E-state index contributed by atoms with van der Waals surface area (Å²) in [6.07, 6.45) is 4.88. The summed E-state index contributed by atoms with van der Waals surface area (Å²) in [5.41, 5.74) is 8.54. The monoisotopic (exact) mass is 449 g/mol. The number of methoxy groups -OCH3 is 2. The molecule has 11 heteroatoms. The first-order valence-corrected chi connectivity index (χ1v) is 10.2. The van der Waals surface area contributed by atoms with E-state index in [1.807, 2.05) is 34.9 Å². The van der Waals surface area contributed by atoms with E-state index in [9.17, 15) is 10.1 Å². The van der Waals surface area contributed by atoms with E-state index in [1.54, 1.807) is 26.5 Å². The van der Waals surface area contributed by atoms with Gasteiger partial charge in [0.15, 0.2) is 11.5 Å². The van der Waals surface area contributed by atoms with Crippen molar-refractivity contribution in [3.8, 4) is 22.8 Å². The Kier molecular flexibility index (Phi) is 6.20. The molecule has 0 saturated heterocycles. The van der Waals surface area contributed by atoms with Gasteiger partial charge < -0.3 is 20.5 Å². The lowest BCUT2D eigenvalue weighted by Gasteiger charge is -2.12. The summed E-state index contributed by atoms with van der Waals surface area (Å²) in [5.74, 6) is 1.83. The normalized spacial score (nSPS) is 10.8. The van der Waals surface area contributed by atoms with Gasteiger partial charge in [-0.05, 0) is 37.1 Å². The van der Waals surface area contributed by atoms with Crippen LogP contribution in [-0.4, -0.2) is 45.0 Å². The van der Waals surface area contributed by atoms with Gasteiger partial charge in [-0.15, -0.1) is 0 Å². The van der Waals surface area contributed by atoms with Gasteiger partial charge in [0.1, 0.15) is 5.65 Å². The molecular weight excluding hydrogens is 426 g/mol. The number of ether oxygens (including phenoxy) is 2. The largest absolute Gasteiger partial charge is 0.493 e. The maximum atomic E-state index is 10.9. The van der Waals surface area contributed by atoms with Crippen molar-refractivity contribution in [2.45, 2.75) is 12.8 Å². The lowest BCUT2D eigenvalue weighted by Crippen LogP contribution is -2.10. The Hall–Kier alpha value is -4.41. The van der Waals surface area contributed by atoms with Crippen molar-refractivity contribution in [1.29, 1.82) is 0 Å². The van der Waals surface area contributed by atoms with Crippen LogP contribution in [0.2, 0.25) is 0 Å². The molecule has 0 spiro atoms. The molecule has 0 fully saturated rings. The molecule has 4 aromatic rings. The van der Waals surface area contributed by atoms with E-state index in [2.05, 4.69) is 15.3 Å². The van der Waals surface area contributed by atoms with Gasteiger partial charge in [0.25, 0.3) is 0 Å². The minimum Gasteiger partial charge on any atom is -0.493 e. The molecule has 4 rings (SSSR count). The summed E-state index contributed by atoms with van der Waals surface area (Å²) in [7, 11) is 3.18. The van der Waals surface area contributed by atoms with Crippen LogP contribution in [0.15, 0.2) is 48.8 Å². The number of nitro groups is 1. The van der Waals surface area contributed by atoms with Crippen molar-refractivity contribution in [2.75, 3.05) is 31.8 Å². The van der Waals surface area contributed by atoms with E-state index in [4.69, 9.17) is 20.2 Å².